The molecule has 9 rings (SSSR count). The fourth-order valence-corrected chi connectivity index (χ4v) is 9.60. The Hall–Kier alpha value is -4.88. The second-order valence-corrected chi connectivity index (χ2v) is 16.2. The topological polar surface area (TPSA) is 3.24 Å². The van der Waals surface area contributed by atoms with Crippen LogP contribution in [-0.4, -0.2) is 0 Å². The number of anilines is 3. The van der Waals surface area contributed by atoms with Crippen LogP contribution in [0.25, 0.3) is 33.4 Å². The van der Waals surface area contributed by atoms with Gasteiger partial charge in [-0.1, -0.05) is 126 Å². The highest BCUT2D eigenvalue weighted by atomic mass is 15.1. The summed E-state index contributed by atoms with van der Waals surface area (Å²) in [6.45, 7) is 14.3. The van der Waals surface area contributed by atoms with Gasteiger partial charge in [0.15, 0.2) is 0 Å². The molecule has 0 unspecified atom stereocenters. The lowest BCUT2D eigenvalue weighted by Crippen LogP contribution is -2.19. The summed E-state index contributed by atoms with van der Waals surface area (Å²) in [5.74, 6) is 0.409. The molecule has 0 saturated carbocycles. The van der Waals surface area contributed by atoms with Crippen LogP contribution in [-0.2, 0) is 23.7 Å². The van der Waals surface area contributed by atoms with Crippen molar-refractivity contribution in [3.8, 4) is 33.4 Å². The first-order valence-electron chi connectivity index (χ1n) is 18.7. The Kier molecular flexibility index (Phi) is 7.05. The molecular formula is C49H47N. The summed E-state index contributed by atoms with van der Waals surface area (Å²) in [5.41, 5.74) is 21.9. The lowest BCUT2D eigenvalue weighted by atomic mass is 9.78. The third-order valence-corrected chi connectivity index (χ3v) is 12.2. The zero-order valence-corrected chi connectivity index (χ0v) is 30.4. The Labute approximate surface area is 298 Å². The van der Waals surface area contributed by atoms with E-state index in [-0.39, 0.29) is 10.8 Å². The molecule has 3 aliphatic carbocycles. The van der Waals surface area contributed by atoms with E-state index < -0.39 is 0 Å². The van der Waals surface area contributed by atoms with Gasteiger partial charge in [-0.2, -0.15) is 0 Å². The predicted octanol–water partition coefficient (Wildman–Crippen LogP) is 13.4. The van der Waals surface area contributed by atoms with Crippen LogP contribution in [0.5, 0.6) is 0 Å². The zero-order chi connectivity index (χ0) is 34.4. The Bertz CT molecular complexity index is 2300. The van der Waals surface area contributed by atoms with Gasteiger partial charge in [-0.15, -0.1) is 0 Å². The maximum Gasteiger partial charge on any atom is 0.0543 e. The minimum Gasteiger partial charge on any atom is -0.310 e. The summed E-state index contributed by atoms with van der Waals surface area (Å²) in [6, 6.07) is 46.4. The van der Waals surface area contributed by atoms with Crippen molar-refractivity contribution in [1.82, 2.24) is 0 Å². The summed E-state index contributed by atoms with van der Waals surface area (Å²) in [5, 5.41) is 0. The van der Waals surface area contributed by atoms with E-state index in [0.29, 0.717) is 5.92 Å². The fraction of sp³-hybridized carbons (Fsp3) is 0.265. The molecule has 0 bridgehead atoms. The van der Waals surface area contributed by atoms with Crippen molar-refractivity contribution in [3.05, 3.63) is 160 Å². The minimum atomic E-state index is -0.111. The molecule has 1 heteroatoms. The normalized spacial score (nSPS) is 16.0. The van der Waals surface area contributed by atoms with Crippen molar-refractivity contribution in [1.29, 1.82) is 0 Å². The SMILES string of the molecule is CC(C)c1ccc2c(c1-c1cc3c(cc1N(c1ccccc1)c1ccc4c(c1)C(C)(C)c1ccccc1-4)C(C)(C)c1ccccc1-3)CCCC2. The second-order valence-electron chi connectivity index (χ2n) is 16.2. The summed E-state index contributed by atoms with van der Waals surface area (Å²) in [7, 11) is 0. The van der Waals surface area contributed by atoms with E-state index in [9.17, 15) is 0 Å². The van der Waals surface area contributed by atoms with Gasteiger partial charge in [-0.05, 0) is 135 Å². The van der Waals surface area contributed by atoms with E-state index in [4.69, 9.17) is 0 Å². The highest BCUT2D eigenvalue weighted by Crippen LogP contribution is 2.56. The van der Waals surface area contributed by atoms with Gasteiger partial charge in [-0.3, -0.25) is 0 Å². The summed E-state index contributed by atoms with van der Waals surface area (Å²) in [4.78, 5) is 2.57. The maximum atomic E-state index is 2.58. The monoisotopic (exact) mass is 649 g/mol. The van der Waals surface area contributed by atoms with Gasteiger partial charge in [0.25, 0.3) is 0 Å². The smallest absolute Gasteiger partial charge is 0.0543 e. The number of para-hydroxylation sites is 1. The Morgan fingerprint density at radius 3 is 1.80 bits per heavy atom. The minimum absolute atomic E-state index is 0.0853. The highest BCUT2D eigenvalue weighted by Gasteiger charge is 2.39. The molecule has 50 heavy (non-hydrogen) atoms. The first kappa shape index (κ1) is 31.1. The first-order valence-corrected chi connectivity index (χ1v) is 18.7. The van der Waals surface area contributed by atoms with E-state index in [1.807, 2.05) is 0 Å². The molecule has 0 N–H and O–H groups in total. The molecule has 0 amide bonds. The molecule has 6 aromatic rings. The van der Waals surface area contributed by atoms with Crippen LogP contribution in [0, 0.1) is 0 Å². The standard InChI is InChI=1S/C49H47N/c1-31(2)35-26-24-32-16-10-11-19-36(32)47(35)41-29-40-38-21-13-15-23-43(38)49(5,6)45(40)30-46(41)50(33-17-8-7-9-18-33)34-25-27-39-37-20-12-14-22-42(37)48(3,4)44(39)28-34/h7-9,12-15,17-18,20-31H,10-11,16,19H2,1-6H3. The van der Waals surface area contributed by atoms with Crippen LogP contribution in [0.15, 0.2) is 121 Å². The van der Waals surface area contributed by atoms with Crippen LogP contribution in [0.1, 0.15) is 99.2 Å². The van der Waals surface area contributed by atoms with Gasteiger partial charge in [0.05, 0.1) is 5.69 Å². The third-order valence-electron chi connectivity index (χ3n) is 12.2. The molecule has 0 atom stereocenters. The van der Waals surface area contributed by atoms with Gasteiger partial charge < -0.3 is 4.90 Å². The molecular weight excluding hydrogens is 603 g/mol. The zero-order valence-electron chi connectivity index (χ0n) is 30.4. The van der Waals surface area contributed by atoms with Gasteiger partial charge in [0.1, 0.15) is 0 Å². The van der Waals surface area contributed by atoms with E-state index in [0.717, 1.165) is 6.42 Å². The maximum absolute atomic E-state index is 2.58. The number of aryl methyl sites for hydroxylation is 1. The van der Waals surface area contributed by atoms with Crippen LogP contribution in [0.2, 0.25) is 0 Å². The highest BCUT2D eigenvalue weighted by molar-refractivity contribution is 5.97. The van der Waals surface area contributed by atoms with Crippen molar-refractivity contribution < 1.29 is 0 Å². The number of benzene rings is 6. The lowest BCUT2D eigenvalue weighted by Gasteiger charge is -2.33. The fourth-order valence-electron chi connectivity index (χ4n) is 9.60. The van der Waals surface area contributed by atoms with Crippen molar-refractivity contribution >= 4 is 17.1 Å². The number of hydrogen-bond donors (Lipinski definition) is 0. The molecule has 0 heterocycles. The largest absolute Gasteiger partial charge is 0.310 e. The molecule has 0 spiro atoms. The van der Waals surface area contributed by atoms with Crippen molar-refractivity contribution in [2.45, 2.75) is 84.0 Å². The molecule has 1 nitrogen and oxygen atoms in total. The summed E-state index contributed by atoms with van der Waals surface area (Å²) >= 11 is 0. The van der Waals surface area contributed by atoms with Crippen LogP contribution >= 0.6 is 0 Å². The lowest BCUT2D eigenvalue weighted by molar-refractivity contribution is 0.660. The van der Waals surface area contributed by atoms with Crippen LogP contribution in [0.3, 0.4) is 0 Å². The van der Waals surface area contributed by atoms with E-state index in [1.165, 1.54) is 103 Å². The van der Waals surface area contributed by atoms with Gasteiger partial charge in [-0.25, -0.2) is 0 Å². The molecule has 0 aromatic heterocycles. The van der Waals surface area contributed by atoms with Gasteiger partial charge in [0, 0.05) is 27.8 Å². The third kappa shape index (κ3) is 4.52. The van der Waals surface area contributed by atoms with Crippen LogP contribution < -0.4 is 4.90 Å². The Balaban J connectivity index is 1.37. The van der Waals surface area contributed by atoms with Gasteiger partial charge >= 0.3 is 0 Å². The molecule has 0 saturated heterocycles. The van der Waals surface area contributed by atoms with E-state index in [2.05, 4.69) is 168 Å². The number of nitrogens with zero attached hydrogens (tertiary/aromatic N) is 1. The quantitative estimate of drug-likeness (QED) is 0.180. The summed E-state index contributed by atoms with van der Waals surface area (Å²) < 4.78 is 0. The Morgan fingerprint density at radius 2 is 1.10 bits per heavy atom. The van der Waals surface area contributed by atoms with Crippen molar-refractivity contribution in [2.24, 2.45) is 0 Å². The Morgan fingerprint density at radius 1 is 0.500 bits per heavy atom. The average molecular weight is 650 g/mol. The van der Waals surface area contributed by atoms with E-state index >= 15 is 0 Å². The predicted molar refractivity (Wildman–Crippen MR) is 212 cm³/mol. The van der Waals surface area contributed by atoms with E-state index in [1.54, 1.807) is 5.56 Å². The summed E-state index contributed by atoms with van der Waals surface area (Å²) in [6.07, 6.45) is 4.83. The molecule has 0 radical (unpaired) electrons. The molecule has 6 aromatic carbocycles. The molecule has 248 valence electrons. The molecule has 3 aliphatic rings. The second kappa shape index (κ2) is 11.3. The molecule has 0 aliphatic heterocycles. The number of rotatable bonds is 5. The first-order chi connectivity index (χ1) is 24.2. The van der Waals surface area contributed by atoms with Gasteiger partial charge in [0.2, 0.25) is 0 Å². The van der Waals surface area contributed by atoms with Crippen molar-refractivity contribution in [2.75, 3.05) is 4.90 Å². The van der Waals surface area contributed by atoms with Crippen LogP contribution in [0.4, 0.5) is 17.1 Å². The average Bonchev–Trinajstić information content (AvgIpc) is 3.50. The number of fused-ring (bicyclic) bond motifs is 7. The number of hydrogen-bond acceptors (Lipinski definition) is 1. The van der Waals surface area contributed by atoms with Crippen molar-refractivity contribution in [3.63, 3.8) is 0 Å². The molecule has 0 fully saturated rings.